The van der Waals surface area contributed by atoms with Gasteiger partial charge in [-0.15, -0.1) is 12.4 Å². The van der Waals surface area contributed by atoms with Gasteiger partial charge < -0.3 is 15.4 Å². The summed E-state index contributed by atoms with van der Waals surface area (Å²) in [6.45, 7) is 5.87. The summed E-state index contributed by atoms with van der Waals surface area (Å²) < 4.78 is 4.96. The van der Waals surface area contributed by atoms with Gasteiger partial charge in [0.1, 0.15) is 6.10 Å². The molecule has 3 unspecified atom stereocenters. The fourth-order valence-electron chi connectivity index (χ4n) is 1.64. The van der Waals surface area contributed by atoms with Crippen LogP contribution in [0.4, 0.5) is 0 Å². The third kappa shape index (κ3) is 4.36. The predicted molar refractivity (Wildman–Crippen MR) is 62.3 cm³/mol. The van der Waals surface area contributed by atoms with Gasteiger partial charge >= 0.3 is 0 Å². The molecule has 1 heterocycles. The van der Waals surface area contributed by atoms with Gasteiger partial charge in [-0.05, 0) is 32.4 Å². The van der Waals surface area contributed by atoms with Crippen LogP contribution >= 0.6 is 12.4 Å². The van der Waals surface area contributed by atoms with Crippen molar-refractivity contribution in [3.63, 3.8) is 0 Å². The number of carbonyl (C=O) groups excluding carboxylic acids is 1. The van der Waals surface area contributed by atoms with Crippen LogP contribution in [-0.2, 0) is 9.53 Å². The van der Waals surface area contributed by atoms with E-state index in [1.807, 2.05) is 0 Å². The van der Waals surface area contributed by atoms with E-state index < -0.39 is 0 Å². The Morgan fingerprint density at radius 1 is 1.60 bits per heavy atom. The number of nitrogens with one attached hydrogen (secondary N) is 2. The highest BCUT2D eigenvalue weighted by Crippen LogP contribution is 2.10. The minimum absolute atomic E-state index is 0. The van der Waals surface area contributed by atoms with Gasteiger partial charge in [-0.1, -0.05) is 6.92 Å². The van der Waals surface area contributed by atoms with Crippen molar-refractivity contribution >= 4 is 18.3 Å². The van der Waals surface area contributed by atoms with E-state index >= 15 is 0 Å². The van der Waals surface area contributed by atoms with Crippen LogP contribution in [0.2, 0.25) is 0 Å². The van der Waals surface area contributed by atoms with Crippen molar-refractivity contribution < 1.29 is 9.53 Å². The number of amides is 1. The molecule has 5 heteroatoms. The Hall–Kier alpha value is -0.320. The summed E-state index contributed by atoms with van der Waals surface area (Å²) in [5.41, 5.74) is 0. The first-order valence-corrected chi connectivity index (χ1v) is 5.19. The van der Waals surface area contributed by atoms with Crippen LogP contribution in [0.1, 0.15) is 20.3 Å². The molecule has 4 nitrogen and oxygen atoms in total. The summed E-state index contributed by atoms with van der Waals surface area (Å²) in [6, 6.07) is 0.293. The van der Waals surface area contributed by atoms with E-state index in [-0.39, 0.29) is 24.4 Å². The van der Waals surface area contributed by atoms with Crippen LogP contribution in [0, 0.1) is 5.92 Å². The van der Waals surface area contributed by atoms with Crippen LogP contribution in [-0.4, -0.2) is 38.3 Å². The molecule has 90 valence electrons. The molecule has 1 aliphatic rings. The molecule has 0 bridgehead atoms. The monoisotopic (exact) mass is 236 g/mol. The molecule has 1 amide bonds. The number of hydrogen-bond donors (Lipinski definition) is 2. The van der Waals surface area contributed by atoms with E-state index in [0.717, 1.165) is 19.5 Å². The van der Waals surface area contributed by atoms with Gasteiger partial charge in [-0.2, -0.15) is 0 Å². The minimum atomic E-state index is -0.350. The normalized spacial score (nSPS) is 27.7. The molecule has 0 aromatic heterocycles. The number of ether oxygens (including phenoxy) is 1. The van der Waals surface area contributed by atoms with Crippen LogP contribution in [0.3, 0.4) is 0 Å². The molecule has 0 radical (unpaired) electrons. The highest BCUT2D eigenvalue weighted by molar-refractivity contribution is 5.85. The molecule has 1 rings (SSSR count). The number of rotatable bonds is 3. The number of methoxy groups -OCH3 is 1. The second-order valence-corrected chi connectivity index (χ2v) is 3.96. The Kier molecular flexibility index (Phi) is 6.89. The summed E-state index contributed by atoms with van der Waals surface area (Å²) in [7, 11) is 1.55. The number of halogens is 1. The van der Waals surface area contributed by atoms with E-state index in [0.29, 0.717) is 12.0 Å². The van der Waals surface area contributed by atoms with E-state index in [2.05, 4.69) is 17.6 Å². The van der Waals surface area contributed by atoms with E-state index in [4.69, 9.17) is 4.74 Å². The molecular formula is C10H21ClN2O2. The second kappa shape index (κ2) is 7.04. The SMILES string of the molecule is COC(C)C(=O)NC1CCNCC1C.Cl. The lowest BCUT2D eigenvalue weighted by Gasteiger charge is -2.30. The molecule has 15 heavy (non-hydrogen) atoms. The lowest BCUT2D eigenvalue weighted by Crippen LogP contribution is -2.50. The Morgan fingerprint density at radius 3 is 2.80 bits per heavy atom. The highest BCUT2D eigenvalue weighted by atomic mass is 35.5. The van der Waals surface area contributed by atoms with Crippen molar-refractivity contribution in [1.82, 2.24) is 10.6 Å². The molecule has 2 N–H and O–H groups in total. The smallest absolute Gasteiger partial charge is 0.249 e. The molecule has 0 aliphatic carbocycles. The van der Waals surface area contributed by atoms with E-state index in [1.54, 1.807) is 14.0 Å². The maximum atomic E-state index is 11.5. The molecule has 0 aromatic rings. The zero-order valence-corrected chi connectivity index (χ0v) is 10.4. The fourth-order valence-corrected chi connectivity index (χ4v) is 1.64. The topological polar surface area (TPSA) is 50.4 Å². The third-order valence-electron chi connectivity index (χ3n) is 2.84. The Labute approximate surface area is 97.5 Å². The van der Waals surface area contributed by atoms with Crippen LogP contribution in [0.25, 0.3) is 0 Å². The van der Waals surface area contributed by atoms with Gasteiger partial charge in [0, 0.05) is 13.2 Å². The average molecular weight is 237 g/mol. The minimum Gasteiger partial charge on any atom is -0.372 e. The van der Waals surface area contributed by atoms with Crippen molar-refractivity contribution in [2.45, 2.75) is 32.4 Å². The molecule has 1 saturated heterocycles. The lowest BCUT2D eigenvalue weighted by molar-refractivity contribution is -0.131. The van der Waals surface area contributed by atoms with Crippen molar-refractivity contribution in [3.8, 4) is 0 Å². The van der Waals surface area contributed by atoms with Crippen molar-refractivity contribution in [2.75, 3.05) is 20.2 Å². The summed E-state index contributed by atoms with van der Waals surface area (Å²) in [6.07, 6.45) is 0.653. The first kappa shape index (κ1) is 14.7. The number of piperidine rings is 1. The molecule has 0 saturated carbocycles. The zero-order chi connectivity index (χ0) is 10.6. The largest absolute Gasteiger partial charge is 0.372 e. The van der Waals surface area contributed by atoms with Gasteiger partial charge in [-0.3, -0.25) is 4.79 Å². The lowest BCUT2D eigenvalue weighted by atomic mass is 9.95. The van der Waals surface area contributed by atoms with E-state index in [9.17, 15) is 4.79 Å². The highest BCUT2D eigenvalue weighted by Gasteiger charge is 2.24. The Morgan fingerprint density at radius 2 is 2.27 bits per heavy atom. The summed E-state index contributed by atoms with van der Waals surface area (Å²) >= 11 is 0. The maximum Gasteiger partial charge on any atom is 0.249 e. The third-order valence-corrected chi connectivity index (χ3v) is 2.84. The Balaban J connectivity index is 0.00000196. The van der Waals surface area contributed by atoms with Crippen molar-refractivity contribution in [3.05, 3.63) is 0 Å². The van der Waals surface area contributed by atoms with Gasteiger partial charge in [0.2, 0.25) is 5.91 Å². The quantitative estimate of drug-likeness (QED) is 0.753. The zero-order valence-electron chi connectivity index (χ0n) is 9.58. The standard InChI is InChI=1S/C10H20N2O2.ClH/c1-7-6-11-5-4-9(7)12-10(13)8(2)14-3;/h7-9,11H,4-6H2,1-3H3,(H,12,13);1H. The molecular weight excluding hydrogens is 216 g/mol. The summed E-state index contributed by atoms with van der Waals surface area (Å²) in [5.74, 6) is 0.489. The number of hydrogen-bond acceptors (Lipinski definition) is 3. The Bertz CT molecular complexity index is 202. The van der Waals surface area contributed by atoms with Crippen LogP contribution in [0.15, 0.2) is 0 Å². The first-order valence-electron chi connectivity index (χ1n) is 5.19. The molecule has 1 fully saturated rings. The van der Waals surface area contributed by atoms with Crippen LogP contribution in [0.5, 0.6) is 0 Å². The van der Waals surface area contributed by atoms with Gasteiger partial charge in [0.25, 0.3) is 0 Å². The fraction of sp³-hybridized carbons (Fsp3) is 0.900. The van der Waals surface area contributed by atoms with E-state index in [1.165, 1.54) is 0 Å². The molecule has 0 aromatic carbocycles. The molecule has 0 spiro atoms. The molecule has 1 aliphatic heterocycles. The maximum absolute atomic E-state index is 11.5. The van der Waals surface area contributed by atoms with Gasteiger partial charge in [0.15, 0.2) is 0 Å². The van der Waals surface area contributed by atoms with Crippen molar-refractivity contribution in [1.29, 1.82) is 0 Å². The molecule has 3 atom stereocenters. The summed E-state index contributed by atoms with van der Waals surface area (Å²) in [5, 5.41) is 6.31. The average Bonchev–Trinajstić information content (AvgIpc) is 2.20. The van der Waals surface area contributed by atoms with Gasteiger partial charge in [-0.25, -0.2) is 0 Å². The van der Waals surface area contributed by atoms with Crippen LogP contribution < -0.4 is 10.6 Å². The summed E-state index contributed by atoms with van der Waals surface area (Å²) in [4.78, 5) is 11.5. The number of carbonyl (C=O) groups is 1. The van der Waals surface area contributed by atoms with Crippen molar-refractivity contribution in [2.24, 2.45) is 5.92 Å². The second-order valence-electron chi connectivity index (χ2n) is 3.96. The predicted octanol–water partition coefficient (Wildman–Crippen LogP) is 0.557. The van der Waals surface area contributed by atoms with Gasteiger partial charge in [0.05, 0.1) is 0 Å². The first-order chi connectivity index (χ1) is 6.65.